The standard InChI is InChI=1S/C25H30N2O3/c1-18(28)27-15-11-20(22-4-2-3-5-23(22)27)10-14-26-12-8-19(9-13-26)21-6-7-24-25(16-21)30-17-29-24/h2-7,16,19-20H,8-15,17H2,1H3. The number of carbonyl (C=O) groups is 1. The van der Waals surface area contributed by atoms with Crippen LogP contribution in [0.3, 0.4) is 0 Å². The van der Waals surface area contributed by atoms with Gasteiger partial charge in [0.05, 0.1) is 0 Å². The van der Waals surface area contributed by atoms with Gasteiger partial charge in [-0.25, -0.2) is 0 Å². The van der Waals surface area contributed by atoms with E-state index >= 15 is 0 Å². The number of hydrogen-bond acceptors (Lipinski definition) is 4. The van der Waals surface area contributed by atoms with Crippen molar-refractivity contribution < 1.29 is 14.3 Å². The Morgan fingerprint density at radius 1 is 1.00 bits per heavy atom. The molecule has 3 aliphatic heterocycles. The van der Waals surface area contributed by atoms with E-state index in [0.717, 1.165) is 56.2 Å². The van der Waals surface area contributed by atoms with E-state index in [-0.39, 0.29) is 5.91 Å². The number of carbonyl (C=O) groups excluding carboxylic acids is 1. The lowest BCUT2D eigenvalue weighted by Gasteiger charge is -2.36. The van der Waals surface area contributed by atoms with Crippen molar-refractivity contribution in [2.75, 3.05) is 37.9 Å². The normalized spacial score (nSPS) is 21.5. The zero-order valence-corrected chi connectivity index (χ0v) is 17.7. The number of anilines is 1. The number of ether oxygens (including phenoxy) is 2. The van der Waals surface area contributed by atoms with Gasteiger partial charge in [0.15, 0.2) is 11.5 Å². The van der Waals surface area contributed by atoms with Crippen molar-refractivity contribution in [3.8, 4) is 11.5 Å². The summed E-state index contributed by atoms with van der Waals surface area (Å²) in [6, 6.07) is 14.9. The number of amides is 1. The van der Waals surface area contributed by atoms with E-state index in [1.807, 2.05) is 11.0 Å². The average Bonchev–Trinajstić information content (AvgIpc) is 3.25. The molecule has 30 heavy (non-hydrogen) atoms. The van der Waals surface area contributed by atoms with Crippen molar-refractivity contribution in [3.05, 3.63) is 53.6 Å². The Balaban J connectivity index is 1.17. The molecule has 5 heteroatoms. The molecule has 1 amide bonds. The van der Waals surface area contributed by atoms with Crippen LogP contribution in [-0.4, -0.2) is 43.8 Å². The molecular formula is C25H30N2O3. The van der Waals surface area contributed by atoms with Crippen molar-refractivity contribution in [3.63, 3.8) is 0 Å². The second kappa shape index (κ2) is 8.31. The molecule has 0 spiro atoms. The lowest BCUT2D eigenvalue weighted by atomic mass is 9.86. The zero-order valence-electron chi connectivity index (χ0n) is 17.7. The Morgan fingerprint density at radius 2 is 1.80 bits per heavy atom. The quantitative estimate of drug-likeness (QED) is 0.748. The fourth-order valence-electron chi connectivity index (χ4n) is 5.26. The van der Waals surface area contributed by atoms with E-state index in [2.05, 4.69) is 41.3 Å². The molecule has 0 saturated carbocycles. The molecule has 0 aliphatic carbocycles. The van der Waals surface area contributed by atoms with Crippen LogP contribution in [0.1, 0.15) is 55.6 Å². The number of para-hydroxylation sites is 1. The molecule has 2 aromatic carbocycles. The Labute approximate surface area is 178 Å². The third-order valence-electron chi connectivity index (χ3n) is 7.00. The maximum Gasteiger partial charge on any atom is 0.231 e. The van der Waals surface area contributed by atoms with Crippen molar-refractivity contribution in [1.29, 1.82) is 0 Å². The highest BCUT2D eigenvalue weighted by atomic mass is 16.7. The summed E-state index contributed by atoms with van der Waals surface area (Å²) < 4.78 is 11.0. The maximum atomic E-state index is 12.0. The summed E-state index contributed by atoms with van der Waals surface area (Å²) in [5, 5.41) is 0. The summed E-state index contributed by atoms with van der Waals surface area (Å²) in [4.78, 5) is 16.5. The molecule has 0 aromatic heterocycles. The molecule has 158 valence electrons. The number of rotatable bonds is 4. The summed E-state index contributed by atoms with van der Waals surface area (Å²) in [6.45, 7) is 6.27. The SMILES string of the molecule is CC(=O)N1CCC(CCN2CCC(c3ccc4c(c3)OCO4)CC2)c2ccccc21. The Morgan fingerprint density at radius 3 is 2.63 bits per heavy atom. The summed E-state index contributed by atoms with van der Waals surface area (Å²) >= 11 is 0. The molecule has 1 saturated heterocycles. The van der Waals surface area contributed by atoms with Crippen molar-refractivity contribution in [1.82, 2.24) is 4.90 Å². The molecule has 1 unspecified atom stereocenters. The highest BCUT2D eigenvalue weighted by molar-refractivity contribution is 5.93. The smallest absolute Gasteiger partial charge is 0.231 e. The monoisotopic (exact) mass is 406 g/mol. The van der Waals surface area contributed by atoms with Gasteiger partial charge in [-0.3, -0.25) is 4.79 Å². The lowest BCUT2D eigenvalue weighted by Crippen LogP contribution is -2.37. The third kappa shape index (κ3) is 3.79. The summed E-state index contributed by atoms with van der Waals surface area (Å²) in [5.74, 6) is 3.06. The number of nitrogens with zero attached hydrogens (tertiary/aromatic N) is 2. The molecule has 5 nitrogen and oxygen atoms in total. The Hall–Kier alpha value is -2.53. The van der Waals surface area contributed by atoms with E-state index in [9.17, 15) is 4.79 Å². The molecule has 2 aromatic rings. The topological polar surface area (TPSA) is 42.0 Å². The molecule has 0 N–H and O–H groups in total. The minimum absolute atomic E-state index is 0.145. The Bertz CT molecular complexity index is 920. The molecule has 3 heterocycles. The average molecular weight is 407 g/mol. The third-order valence-corrected chi connectivity index (χ3v) is 7.00. The molecule has 0 bridgehead atoms. The summed E-state index contributed by atoms with van der Waals surface area (Å²) in [6.07, 6.45) is 4.61. The van der Waals surface area contributed by atoms with Gasteiger partial charge in [-0.05, 0) is 86.5 Å². The summed E-state index contributed by atoms with van der Waals surface area (Å²) in [5.41, 5.74) is 3.83. The first kappa shape index (κ1) is 19.4. The number of benzene rings is 2. The van der Waals surface area contributed by atoms with E-state index in [4.69, 9.17) is 9.47 Å². The van der Waals surface area contributed by atoms with Crippen molar-refractivity contribution >= 4 is 11.6 Å². The predicted octanol–water partition coefficient (Wildman–Crippen LogP) is 4.53. The van der Waals surface area contributed by atoms with Gasteiger partial charge in [0.25, 0.3) is 0 Å². The zero-order chi connectivity index (χ0) is 20.5. The largest absolute Gasteiger partial charge is 0.454 e. The van der Waals surface area contributed by atoms with Gasteiger partial charge in [0, 0.05) is 19.2 Å². The highest BCUT2D eigenvalue weighted by Crippen LogP contribution is 2.39. The van der Waals surface area contributed by atoms with Gasteiger partial charge in [-0.1, -0.05) is 24.3 Å². The first-order valence-electron chi connectivity index (χ1n) is 11.2. The highest BCUT2D eigenvalue weighted by Gasteiger charge is 2.28. The van der Waals surface area contributed by atoms with E-state index in [0.29, 0.717) is 18.6 Å². The fourth-order valence-corrected chi connectivity index (χ4v) is 5.26. The second-order valence-corrected chi connectivity index (χ2v) is 8.73. The first-order chi connectivity index (χ1) is 14.7. The van der Waals surface area contributed by atoms with Crippen molar-refractivity contribution in [2.45, 2.75) is 44.4 Å². The van der Waals surface area contributed by atoms with Crippen LogP contribution in [0.4, 0.5) is 5.69 Å². The molecule has 1 fully saturated rings. The Kier molecular flexibility index (Phi) is 5.38. The number of piperidine rings is 1. The number of likely N-dealkylation sites (tertiary alicyclic amines) is 1. The van der Waals surface area contributed by atoms with E-state index < -0.39 is 0 Å². The molecular weight excluding hydrogens is 376 g/mol. The molecule has 5 rings (SSSR count). The predicted molar refractivity (Wildman–Crippen MR) is 117 cm³/mol. The van der Waals surface area contributed by atoms with Gasteiger partial charge in [0.2, 0.25) is 12.7 Å². The number of fused-ring (bicyclic) bond motifs is 2. The molecule has 3 aliphatic rings. The van der Waals surface area contributed by atoms with Crippen LogP contribution in [0.25, 0.3) is 0 Å². The van der Waals surface area contributed by atoms with E-state index in [1.165, 1.54) is 24.0 Å². The van der Waals surface area contributed by atoms with Crippen LogP contribution in [-0.2, 0) is 4.79 Å². The van der Waals surface area contributed by atoms with Gasteiger partial charge in [-0.15, -0.1) is 0 Å². The summed E-state index contributed by atoms with van der Waals surface area (Å²) in [7, 11) is 0. The van der Waals surface area contributed by atoms with Gasteiger partial charge < -0.3 is 19.3 Å². The van der Waals surface area contributed by atoms with Crippen LogP contribution in [0.5, 0.6) is 11.5 Å². The van der Waals surface area contributed by atoms with Crippen LogP contribution < -0.4 is 14.4 Å². The van der Waals surface area contributed by atoms with Crippen LogP contribution in [0.2, 0.25) is 0 Å². The minimum Gasteiger partial charge on any atom is -0.454 e. The van der Waals surface area contributed by atoms with Gasteiger partial charge >= 0.3 is 0 Å². The van der Waals surface area contributed by atoms with Crippen LogP contribution in [0, 0.1) is 0 Å². The van der Waals surface area contributed by atoms with Crippen molar-refractivity contribution in [2.24, 2.45) is 0 Å². The maximum absolute atomic E-state index is 12.0. The number of hydrogen-bond donors (Lipinski definition) is 0. The molecule has 1 atom stereocenters. The second-order valence-electron chi connectivity index (χ2n) is 8.73. The van der Waals surface area contributed by atoms with Crippen LogP contribution in [0.15, 0.2) is 42.5 Å². The lowest BCUT2D eigenvalue weighted by molar-refractivity contribution is -0.116. The van der Waals surface area contributed by atoms with Gasteiger partial charge in [0.1, 0.15) is 0 Å². The van der Waals surface area contributed by atoms with Crippen LogP contribution >= 0.6 is 0 Å². The molecule has 0 radical (unpaired) electrons. The minimum atomic E-state index is 0.145. The first-order valence-corrected chi connectivity index (χ1v) is 11.2. The van der Waals surface area contributed by atoms with E-state index in [1.54, 1.807) is 6.92 Å². The fraction of sp³-hybridized carbons (Fsp3) is 0.480. The van der Waals surface area contributed by atoms with Gasteiger partial charge in [-0.2, -0.15) is 0 Å².